The summed E-state index contributed by atoms with van der Waals surface area (Å²) < 4.78 is 13.6. The zero-order valence-corrected chi connectivity index (χ0v) is 6.98. The van der Waals surface area contributed by atoms with Gasteiger partial charge < -0.3 is 10.4 Å². The van der Waals surface area contributed by atoms with Crippen LogP contribution in [-0.2, 0) is 0 Å². The molecule has 3 nitrogen and oxygen atoms in total. The third kappa shape index (κ3) is 2.68. The van der Waals surface area contributed by atoms with Gasteiger partial charge in [0, 0.05) is 0 Å². The lowest BCUT2D eigenvalue weighted by atomic mass is 9.86. The van der Waals surface area contributed by atoms with Crippen LogP contribution in [-0.4, -0.2) is 23.4 Å². The normalized spacial score (nSPS) is 21.8. The van der Waals surface area contributed by atoms with Crippen molar-refractivity contribution < 1.29 is 14.3 Å². The van der Waals surface area contributed by atoms with Gasteiger partial charge in [0.05, 0.1) is 6.54 Å². The quantitative estimate of drug-likeness (QED) is 0.673. The second-order valence-electron chi connectivity index (χ2n) is 3.37. The van der Waals surface area contributed by atoms with E-state index in [0.29, 0.717) is 12.8 Å². The molecule has 0 heterocycles. The molecule has 12 heavy (non-hydrogen) atoms. The van der Waals surface area contributed by atoms with Crippen molar-refractivity contribution in [1.29, 1.82) is 0 Å². The van der Waals surface area contributed by atoms with Crippen LogP contribution in [0, 0.1) is 0 Å². The lowest BCUT2D eigenvalue weighted by molar-refractivity contribution is 0.102. The Morgan fingerprint density at radius 3 is 2.50 bits per heavy atom. The summed E-state index contributed by atoms with van der Waals surface area (Å²) in [6, 6.07) is 0. The molecule has 0 aliphatic heterocycles. The maximum Gasteiger partial charge on any atom is 0.404 e. The molecule has 1 rings (SSSR count). The van der Waals surface area contributed by atoms with E-state index < -0.39 is 11.8 Å². The van der Waals surface area contributed by atoms with Crippen molar-refractivity contribution in [2.75, 3.05) is 6.54 Å². The molecule has 4 heteroatoms. The lowest BCUT2D eigenvalue weighted by Crippen LogP contribution is -2.40. The van der Waals surface area contributed by atoms with Crippen molar-refractivity contribution in [3.8, 4) is 0 Å². The molecular formula is C8H14FNO2. The maximum absolute atomic E-state index is 13.6. The summed E-state index contributed by atoms with van der Waals surface area (Å²) in [5, 5.41) is 10.4. The number of amides is 1. The number of hydrogen-bond acceptors (Lipinski definition) is 1. The van der Waals surface area contributed by atoms with Gasteiger partial charge >= 0.3 is 6.09 Å². The first-order valence-corrected chi connectivity index (χ1v) is 4.28. The molecule has 70 valence electrons. The van der Waals surface area contributed by atoms with Gasteiger partial charge in [-0.15, -0.1) is 0 Å². The average Bonchev–Trinajstić information content (AvgIpc) is 2.03. The first-order valence-electron chi connectivity index (χ1n) is 4.28. The van der Waals surface area contributed by atoms with E-state index in [1.54, 1.807) is 0 Å². The van der Waals surface area contributed by atoms with E-state index in [0.717, 1.165) is 19.3 Å². The minimum atomic E-state index is -1.28. The Balaban J connectivity index is 2.31. The van der Waals surface area contributed by atoms with Crippen LogP contribution in [0.5, 0.6) is 0 Å². The Hall–Kier alpha value is -0.800. The van der Waals surface area contributed by atoms with Gasteiger partial charge in [-0.1, -0.05) is 19.3 Å². The molecule has 0 aromatic heterocycles. The minimum Gasteiger partial charge on any atom is -0.465 e. The summed E-state index contributed by atoms with van der Waals surface area (Å²) >= 11 is 0. The molecule has 0 aromatic carbocycles. The standard InChI is InChI=1S/C8H14FNO2/c9-8(6-10-7(11)12)4-2-1-3-5-8/h10H,1-6H2,(H,11,12). The third-order valence-corrected chi connectivity index (χ3v) is 2.31. The van der Waals surface area contributed by atoms with E-state index in [4.69, 9.17) is 5.11 Å². The topological polar surface area (TPSA) is 49.3 Å². The Morgan fingerprint density at radius 1 is 1.42 bits per heavy atom. The molecule has 0 aromatic rings. The van der Waals surface area contributed by atoms with E-state index in [-0.39, 0.29) is 6.54 Å². The van der Waals surface area contributed by atoms with Crippen molar-refractivity contribution in [2.45, 2.75) is 37.8 Å². The van der Waals surface area contributed by atoms with Gasteiger partial charge in [0.2, 0.25) is 0 Å². The number of nitrogens with one attached hydrogen (secondary N) is 1. The van der Waals surface area contributed by atoms with Gasteiger partial charge in [-0.2, -0.15) is 0 Å². The molecule has 1 aliphatic carbocycles. The van der Waals surface area contributed by atoms with Crippen LogP contribution in [0.2, 0.25) is 0 Å². The fourth-order valence-corrected chi connectivity index (χ4v) is 1.60. The van der Waals surface area contributed by atoms with Gasteiger partial charge in [-0.05, 0) is 12.8 Å². The van der Waals surface area contributed by atoms with Crippen molar-refractivity contribution in [1.82, 2.24) is 5.32 Å². The molecule has 1 amide bonds. The van der Waals surface area contributed by atoms with Crippen molar-refractivity contribution >= 4 is 6.09 Å². The fraction of sp³-hybridized carbons (Fsp3) is 0.875. The van der Waals surface area contributed by atoms with Crippen LogP contribution in [0.3, 0.4) is 0 Å². The van der Waals surface area contributed by atoms with E-state index in [1.807, 2.05) is 0 Å². The Labute approximate surface area is 71.0 Å². The second kappa shape index (κ2) is 3.74. The zero-order valence-electron chi connectivity index (χ0n) is 6.98. The van der Waals surface area contributed by atoms with E-state index in [1.165, 1.54) is 0 Å². The van der Waals surface area contributed by atoms with E-state index in [9.17, 15) is 9.18 Å². The predicted molar refractivity (Wildman–Crippen MR) is 43.0 cm³/mol. The molecule has 1 fully saturated rings. The highest BCUT2D eigenvalue weighted by molar-refractivity contribution is 5.64. The zero-order chi connectivity index (χ0) is 9.03. The number of hydrogen-bond donors (Lipinski definition) is 2. The summed E-state index contributed by atoms with van der Waals surface area (Å²) in [5.41, 5.74) is -1.28. The van der Waals surface area contributed by atoms with E-state index >= 15 is 0 Å². The SMILES string of the molecule is O=C(O)NCC1(F)CCCCC1. The average molecular weight is 175 g/mol. The number of rotatable bonds is 2. The molecule has 1 saturated carbocycles. The number of carboxylic acid groups (broad SMARTS) is 1. The van der Waals surface area contributed by atoms with Crippen molar-refractivity contribution in [3.63, 3.8) is 0 Å². The molecule has 0 unspecified atom stereocenters. The van der Waals surface area contributed by atoms with Gasteiger partial charge in [-0.3, -0.25) is 0 Å². The second-order valence-corrected chi connectivity index (χ2v) is 3.37. The van der Waals surface area contributed by atoms with Crippen LogP contribution in [0.25, 0.3) is 0 Å². The first-order chi connectivity index (χ1) is 5.62. The summed E-state index contributed by atoms with van der Waals surface area (Å²) in [7, 11) is 0. The Morgan fingerprint density at radius 2 is 2.00 bits per heavy atom. The molecule has 0 saturated heterocycles. The Kier molecular flexibility index (Phi) is 2.89. The predicted octanol–water partition coefficient (Wildman–Crippen LogP) is 1.93. The van der Waals surface area contributed by atoms with Crippen LogP contribution >= 0.6 is 0 Å². The monoisotopic (exact) mass is 175 g/mol. The highest BCUT2D eigenvalue weighted by Gasteiger charge is 2.31. The lowest BCUT2D eigenvalue weighted by Gasteiger charge is -2.28. The number of carbonyl (C=O) groups is 1. The molecule has 0 bridgehead atoms. The van der Waals surface area contributed by atoms with Crippen LogP contribution in [0.4, 0.5) is 9.18 Å². The first kappa shape index (κ1) is 9.29. The summed E-state index contributed by atoms with van der Waals surface area (Å²) in [6.07, 6.45) is 2.66. The van der Waals surface area contributed by atoms with E-state index in [2.05, 4.69) is 5.32 Å². The minimum absolute atomic E-state index is 0.0532. The van der Waals surface area contributed by atoms with Crippen molar-refractivity contribution in [2.24, 2.45) is 0 Å². The highest BCUT2D eigenvalue weighted by Crippen LogP contribution is 2.30. The van der Waals surface area contributed by atoms with Crippen molar-refractivity contribution in [3.05, 3.63) is 0 Å². The van der Waals surface area contributed by atoms with Crippen LogP contribution in [0.15, 0.2) is 0 Å². The summed E-state index contributed by atoms with van der Waals surface area (Å²) in [5.74, 6) is 0. The molecular weight excluding hydrogens is 161 g/mol. The molecule has 0 atom stereocenters. The third-order valence-electron chi connectivity index (χ3n) is 2.31. The van der Waals surface area contributed by atoms with Gasteiger partial charge in [-0.25, -0.2) is 9.18 Å². The van der Waals surface area contributed by atoms with Gasteiger partial charge in [0.1, 0.15) is 5.67 Å². The molecule has 2 N–H and O–H groups in total. The fourth-order valence-electron chi connectivity index (χ4n) is 1.60. The highest BCUT2D eigenvalue weighted by atomic mass is 19.1. The van der Waals surface area contributed by atoms with Crippen LogP contribution in [0.1, 0.15) is 32.1 Å². The van der Waals surface area contributed by atoms with Crippen LogP contribution < -0.4 is 5.32 Å². The number of halogens is 1. The smallest absolute Gasteiger partial charge is 0.404 e. The van der Waals surface area contributed by atoms with Gasteiger partial charge in [0.15, 0.2) is 0 Å². The molecule has 0 spiro atoms. The molecule has 0 radical (unpaired) electrons. The summed E-state index contributed by atoms with van der Waals surface area (Å²) in [4.78, 5) is 10.1. The largest absolute Gasteiger partial charge is 0.465 e. The number of alkyl halides is 1. The maximum atomic E-state index is 13.6. The van der Waals surface area contributed by atoms with Gasteiger partial charge in [0.25, 0.3) is 0 Å². The summed E-state index contributed by atoms with van der Waals surface area (Å²) in [6.45, 7) is -0.0532. The Bertz CT molecular complexity index is 166. The molecule has 1 aliphatic rings.